The van der Waals surface area contributed by atoms with Crippen molar-refractivity contribution in [2.45, 2.75) is 30.6 Å². The van der Waals surface area contributed by atoms with Crippen LogP contribution in [0.3, 0.4) is 0 Å². The van der Waals surface area contributed by atoms with Crippen LogP contribution in [0.15, 0.2) is 0 Å². The van der Waals surface area contributed by atoms with Crippen LogP contribution in [0.2, 0.25) is 0 Å². The first-order chi connectivity index (χ1) is 5.57. The molecule has 0 aromatic carbocycles. The van der Waals surface area contributed by atoms with Crippen LogP contribution in [0.1, 0.15) is 0 Å². The van der Waals surface area contributed by atoms with E-state index in [0.29, 0.717) is 0 Å². The van der Waals surface area contributed by atoms with E-state index in [4.69, 9.17) is 20.7 Å². The summed E-state index contributed by atoms with van der Waals surface area (Å²) in [5.41, 5.74) is 5.26. The maximum Gasteiger partial charge on any atom is 0.173 e. The van der Waals surface area contributed by atoms with Crippen LogP contribution in [0.4, 0.5) is 0 Å². The van der Waals surface area contributed by atoms with Crippen molar-refractivity contribution in [1.82, 2.24) is 0 Å². The molecule has 1 aliphatic heterocycles. The average molecular weight is 179 g/mol. The van der Waals surface area contributed by atoms with Crippen molar-refractivity contribution in [3.8, 4) is 0 Å². The number of rotatable bonds is 1. The molecule has 5 atom stereocenters. The molecular formula is C6H13NO5. The third-order valence-electron chi connectivity index (χ3n) is 1.95. The van der Waals surface area contributed by atoms with Gasteiger partial charge in [0.05, 0.1) is 12.6 Å². The van der Waals surface area contributed by atoms with Crippen LogP contribution in [0, 0.1) is 0 Å². The Morgan fingerprint density at radius 1 is 1.17 bits per heavy atom. The summed E-state index contributed by atoms with van der Waals surface area (Å²) in [6, 6.07) is -1.04. The smallest absolute Gasteiger partial charge is 0.173 e. The van der Waals surface area contributed by atoms with Crippen LogP contribution in [-0.2, 0) is 4.74 Å². The molecule has 6 N–H and O–H groups in total. The molecule has 3 unspecified atom stereocenters. The number of aliphatic hydroxyl groups is 4. The predicted molar refractivity (Wildman–Crippen MR) is 38.0 cm³/mol. The SMILES string of the molecule is NC1C(O)[C@H](O)C(CO)O[C@H]1O. The van der Waals surface area contributed by atoms with Crippen molar-refractivity contribution in [3.05, 3.63) is 0 Å². The average Bonchev–Trinajstić information content (AvgIpc) is 2.08. The molecule has 0 aliphatic carbocycles. The molecule has 1 heterocycles. The Balaban J connectivity index is 2.63. The molecule has 0 bridgehead atoms. The summed E-state index contributed by atoms with van der Waals surface area (Å²) in [4.78, 5) is 0. The summed E-state index contributed by atoms with van der Waals surface area (Å²) in [5.74, 6) is 0. The van der Waals surface area contributed by atoms with Crippen molar-refractivity contribution in [1.29, 1.82) is 0 Å². The Kier molecular flexibility index (Phi) is 2.99. The summed E-state index contributed by atoms with van der Waals surface area (Å²) in [6.07, 6.45) is -4.85. The van der Waals surface area contributed by atoms with Crippen molar-refractivity contribution in [2.24, 2.45) is 5.73 Å². The van der Waals surface area contributed by atoms with E-state index in [1.807, 2.05) is 0 Å². The summed E-state index contributed by atoms with van der Waals surface area (Å²) in [5, 5.41) is 36.1. The minimum absolute atomic E-state index is 0.470. The highest BCUT2D eigenvalue weighted by Crippen LogP contribution is 2.17. The second-order valence-corrected chi connectivity index (χ2v) is 2.81. The molecule has 0 aromatic rings. The van der Waals surface area contributed by atoms with Gasteiger partial charge >= 0.3 is 0 Å². The number of hydrogen-bond donors (Lipinski definition) is 5. The quantitative estimate of drug-likeness (QED) is 0.288. The van der Waals surface area contributed by atoms with Crippen LogP contribution >= 0.6 is 0 Å². The predicted octanol–water partition coefficient (Wildman–Crippen LogP) is -3.26. The molecule has 1 aliphatic rings. The summed E-state index contributed by atoms with van der Waals surface area (Å²) in [7, 11) is 0. The van der Waals surface area contributed by atoms with Gasteiger partial charge in [-0.2, -0.15) is 0 Å². The second kappa shape index (κ2) is 3.65. The van der Waals surface area contributed by atoms with E-state index >= 15 is 0 Å². The van der Waals surface area contributed by atoms with Crippen molar-refractivity contribution < 1.29 is 25.2 Å². The molecule has 6 heteroatoms. The number of nitrogens with two attached hydrogens (primary N) is 1. The summed E-state index contributed by atoms with van der Waals surface area (Å²) >= 11 is 0. The van der Waals surface area contributed by atoms with Gasteiger partial charge in [-0.3, -0.25) is 0 Å². The third kappa shape index (κ3) is 1.58. The van der Waals surface area contributed by atoms with E-state index in [-0.39, 0.29) is 0 Å². The molecule has 12 heavy (non-hydrogen) atoms. The molecule has 0 spiro atoms. The monoisotopic (exact) mass is 179 g/mol. The van der Waals surface area contributed by atoms with Gasteiger partial charge < -0.3 is 30.9 Å². The zero-order chi connectivity index (χ0) is 9.30. The lowest BCUT2D eigenvalue weighted by Gasteiger charge is -2.38. The van der Waals surface area contributed by atoms with Gasteiger partial charge in [-0.15, -0.1) is 0 Å². The Morgan fingerprint density at radius 3 is 2.25 bits per heavy atom. The summed E-state index contributed by atoms with van der Waals surface area (Å²) < 4.78 is 4.70. The number of ether oxygens (including phenoxy) is 1. The van der Waals surface area contributed by atoms with Gasteiger partial charge in [0.1, 0.15) is 18.3 Å². The van der Waals surface area contributed by atoms with E-state index in [0.717, 1.165) is 0 Å². The van der Waals surface area contributed by atoms with Crippen LogP contribution in [-0.4, -0.2) is 57.7 Å². The van der Waals surface area contributed by atoms with Gasteiger partial charge in [-0.25, -0.2) is 0 Å². The summed E-state index contributed by atoms with van der Waals surface area (Å²) in [6.45, 7) is -0.470. The highest BCUT2D eigenvalue weighted by atomic mass is 16.6. The molecule has 1 rings (SSSR count). The fourth-order valence-corrected chi connectivity index (χ4v) is 1.12. The third-order valence-corrected chi connectivity index (χ3v) is 1.95. The number of hydrogen-bond acceptors (Lipinski definition) is 6. The molecule has 1 fully saturated rings. The molecular weight excluding hydrogens is 166 g/mol. The van der Waals surface area contributed by atoms with Gasteiger partial charge in [0.25, 0.3) is 0 Å². The van der Waals surface area contributed by atoms with Gasteiger partial charge in [0.15, 0.2) is 6.29 Å². The lowest BCUT2D eigenvalue weighted by atomic mass is 9.98. The Labute approximate surface area is 69.2 Å². The molecule has 72 valence electrons. The van der Waals surface area contributed by atoms with Crippen molar-refractivity contribution in [3.63, 3.8) is 0 Å². The molecule has 0 aromatic heterocycles. The second-order valence-electron chi connectivity index (χ2n) is 2.81. The van der Waals surface area contributed by atoms with Gasteiger partial charge in [0, 0.05) is 0 Å². The van der Waals surface area contributed by atoms with E-state index < -0.39 is 37.3 Å². The van der Waals surface area contributed by atoms with E-state index in [1.165, 1.54) is 0 Å². The number of aliphatic hydroxyl groups excluding tert-OH is 4. The molecule has 0 amide bonds. The zero-order valence-corrected chi connectivity index (χ0v) is 6.37. The van der Waals surface area contributed by atoms with Crippen molar-refractivity contribution >= 4 is 0 Å². The minimum atomic E-state index is -1.35. The zero-order valence-electron chi connectivity index (χ0n) is 6.37. The maximum atomic E-state index is 9.20. The van der Waals surface area contributed by atoms with E-state index in [1.54, 1.807) is 0 Å². The highest BCUT2D eigenvalue weighted by molar-refractivity contribution is 4.90. The highest BCUT2D eigenvalue weighted by Gasteiger charge is 2.41. The van der Waals surface area contributed by atoms with E-state index in [9.17, 15) is 10.2 Å². The first-order valence-corrected chi connectivity index (χ1v) is 3.64. The van der Waals surface area contributed by atoms with Gasteiger partial charge in [-0.1, -0.05) is 0 Å². The van der Waals surface area contributed by atoms with Crippen molar-refractivity contribution in [2.75, 3.05) is 6.61 Å². The Morgan fingerprint density at radius 2 is 1.75 bits per heavy atom. The molecule has 1 saturated heterocycles. The normalized spacial score (nSPS) is 49.2. The largest absolute Gasteiger partial charge is 0.394 e. The Hall–Kier alpha value is -0.240. The lowest BCUT2D eigenvalue weighted by Crippen LogP contribution is -2.61. The fourth-order valence-electron chi connectivity index (χ4n) is 1.12. The van der Waals surface area contributed by atoms with E-state index in [2.05, 4.69) is 0 Å². The molecule has 0 radical (unpaired) electrons. The maximum absolute atomic E-state index is 9.20. The Bertz CT molecular complexity index is 150. The van der Waals surface area contributed by atoms with Crippen LogP contribution in [0.5, 0.6) is 0 Å². The van der Waals surface area contributed by atoms with Gasteiger partial charge in [-0.05, 0) is 0 Å². The standard InChI is InChI=1S/C6H13NO5/c7-3-5(10)4(9)2(1-8)12-6(3)11/h2-6,8-11H,1,7H2/t2?,3?,4-,5?,6-/m1/s1. The molecule has 6 nitrogen and oxygen atoms in total. The van der Waals surface area contributed by atoms with Gasteiger partial charge in [0.2, 0.25) is 0 Å². The molecule has 0 saturated carbocycles. The first-order valence-electron chi connectivity index (χ1n) is 3.64. The first kappa shape index (κ1) is 9.85. The lowest BCUT2D eigenvalue weighted by molar-refractivity contribution is -0.248. The minimum Gasteiger partial charge on any atom is -0.394 e. The fraction of sp³-hybridized carbons (Fsp3) is 1.00. The topological polar surface area (TPSA) is 116 Å². The van der Waals surface area contributed by atoms with Crippen LogP contribution < -0.4 is 5.73 Å². The van der Waals surface area contributed by atoms with Crippen LogP contribution in [0.25, 0.3) is 0 Å².